The fourth-order valence-electron chi connectivity index (χ4n) is 5.51. The van der Waals surface area contributed by atoms with Gasteiger partial charge in [0.25, 0.3) is 15.9 Å². The molecular formula is C34H45N3O8S2. The van der Waals surface area contributed by atoms with Gasteiger partial charge in [0.15, 0.2) is 0 Å². The number of carboxylic acid groups (broad SMARTS) is 1. The number of sulfonamides is 1. The maximum atomic E-state index is 14.3. The normalized spacial score (nSPS) is 20.6. The molecule has 2 heterocycles. The Morgan fingerprint density at radius 2 is 1.89 bits per heavy atom. The third-order valence-corrected chi connectivity index (χ3v) is 11.0. The van der Waals surface area contributed by atoms with Crippen molar-refractivity contribution in [1.29, 1.82) is 0 Å². The first-order valence-corrected chi connectivity index (χ1v) is 18.2. The zero-order chi connectivity index (χ0) is 34.1. The van der Waals surface area contributed by atoms with Gasteiger partial charge in [-0.05, 0) is 87.5 Å². The van der Waals surface area contributed by atoms with Crippen molar-refractivity contribution in [3.63, 3.8) is 0 Å². The number of nitrogens with one attached hydrogen (secondary N) is 1. The Labute approximate surface area is 281 Å². The van der Waals surface area contributed by atoms with Crippen LogP contribution in [0.1, 0.15) is 66.3 Å². The Bertz CT molecular complexity index is 1580. The van der Waals surface area contributed by atoms with E-state index in [2.05, 4.69) is 9.62 Å². The molecule has 256 valence electrons. The van der Waals surface area contributed by atoms with Crippen LogP contribution in [-0.2, 0) is 21.3 Å². The summed E-state index contributed by atoms with van der Waals surface area (Å²) in [5.74, 6) is -1.15. The van der Waals surface area contributed by atoms with E-state index in [0.29, 0.717) is 25.4 Å². The number of hydrogen-bond donors (Lipinski definition) is 3. The van der Waals surface area contributed by atoms with Crippen LogP contribution in [0.2, 0.25) is 0 Å². The van der Waals surface area contributed by atoms with E-state index in [9.17, 15) is 28.2 Å². The number of aliphatic hydroxyl groups is 1. The van der Waals surface area contributed by atoms with E-state index in [-0.39, 0.29) is 58.2 Å². The van der Waals surface area contributed by atoms with Crippen molar-refractivity contribution in [3.8, 4) is 5.75 Å². The number of amides is 1. The van der Waals surface area contributed by atoms with Crippen molar-refractivity contribution in [2.75, 3.05) is 38.1 Å². The van der Waals surface area contributed by atoms with Crippen molar-refractivity contribution < 1.29 is 37.7 Å². The van der Waals surface area contributed by atoms with Crippen LogP contribution in [0.15, 0.2) is 64.2 Å². The molecule has 0 saturated carbocycles. The lowest BCUT2D eigenvalue weighted by atomic mass is 10.0. The van der Waals surface area contributed by atoms with Crippen LogP contribution < -0.4 is 9.46 Å². The van der Waals surface area contributed by atoms with Crippen molar-refractivity contribution >= 4 is 38.9 Å². The molecule has 0 unspecified atom stereocenters. The predicted molar refractivity (Wildman–Crippen MR) is 182 cm³/mol. The van der Waals surface area contributed by atoms with E-state index in [1.165, 1.54) is 12.1 Å². The minimum absolute atomic E-state index is 0.142. The van der Waals surface area contributed by atoms with Crippen molar-refractivity contribution in [3.05, 3.63) is 76.7 Å². The quantitative estimate of drug-likeness (QED) is 0.263. The van der Waals surface area contributed by atoms with Crippen LogP contribution in [-0.4, -0.2) is 91.9 Å². The second kappa shape index (κ2) is 16.6. The molecule has 1 aromatic heterocycles. The number of carbonyl (C=O) groups is 2. The third kappa shape index (κ3) is 10.0. The van der Waals surface area contributed by atoms with Gasteiger partial charge < -0.3 is 24.6 Å². The van der Waals surface area contributed by atoms with E-state index in [1.54, 1.807) is 59.7 Å². The summed E-state index contributed by atoms with van der Waals surface area (Å²) in [5.41, 5.74) is 1.63. The highest BCUT2D eigenvalue weighted by molar-refractivity contribution is 7.94. The molecular weight excluding hydrogens is 643 g/mol. The number of ether oxygens (including phenoxy) is 2. The van der Waals surface area contributed by atoms with Crippen LogP contribution in [0.5, 0.6) is 5.75 Å². The second-order valence-corrected chi connectivity index (χ2v) is 15.1. The van der Waals surface area contributed by atoms with E-state index in [0.717, 1.165) is 36.2 Å². The van der Waals surface area contributed by atoms with Crippen molar-refractivity contribution in [2.24, 2.45) is 5.92 Å². The average molecular weight is 688 g/mol. The Morgan fingerprint density at radius 1 is 1.15 bits per heavy atom. The number of aliphatic hydroxyl groups excluding tert-OH is 1. The number of carbonyl (C=O) groups excluding carboxylic acids is 1. The van der Waals surface area contributed by atoms with Gasteiger partial charge in [0, 0.05) is 37.8 Å². The highest BCUT2D eigenvalue weighted by Crippen LogP contribution is 2.30. The van der Waals surface area contributed by atoms with E-state index >= 15 is 0 Å². The molecule has 4 rings (SSSR count). The van der Waals surface area contributed by atoms with Crippen LogP contribution in [0, 0.1) is 5.92 Å². The van der Waals surface area contributed by atoms with Gasteiger partial charge in [-0.3, -0.25) is 14.4 Å². The topological polar surface area (TPSA) is 146 Å². The van der Waals surface area contributed by atoms with Crippen molar-refractivity contribution in [2.45, 2.75) is 69.0 Å². The highest BCUT2D eigenvalue weighted by Gasteiger charge is 2.31. The van der Waals surface area contributed by atoms with Gasteiger partial charge in [0.1, 0.15) is 9.96 Å². The van der Waals surface area contributed by atoms with E-state index < -0.39 is 22.0 Å². The smallest absolute Gasteiger partial charge is 0.335 e. The Morgan fingerprint density at radius 3 is 2.55 bits per heavy atom. The fourth-order valence-corrected chi connectivity index (χ4v) is 7.55. The first kappa shape index (κ1) is 36.3. The van der Waals surface area contributed by atoms with Gasteiger partial charge in [-0.25, -0.2) is 13.2 Å². The molecule has 11 nitrogen and oxygen atoms in total. The van der Waals surface area contributed by atoms with Crippen LogP contribution in [0.25, 0.3) is 0 Å². The molecule has 0 fully saturated rings. The highest BCUT2D eigenvalue weighted by atomic mass is 32.2. The van der Waals surface area contributed by atoms with Crippen LogP contribution >= 0.6 is 11.3 Å². The van der Waals surface area contributed by atoms with Gasteiger partial charge >= 0.3 is 5.97 Å². The molecule has 3 aromatic rings. The maximum Gasteiger partial charge on any atom is 0.335 e. The average Bonchev–Trinajstić information content (AvgIpc) is 3.59. The molecule has 0 saturated heterocycles. The van der Waals surface area contributed by atoms with Gasteiger partial charge in [0.2, 0.25) is 0 Å². The van der Waals surface area contributed by atoms with E-state index in [1.807, 2.05) is 20.9 Å². The van der Waals surface area contributed by atoms with Crippen LogP contribution in [0.4, 0.5) is 5.69 Å². The first-order chi connectivity index (χ1) is 22.4. The summed E-state index contributed by atoms with van der Waals surface area (Å²) < 4.78 is 41.4. The molecule has 0 bridgehead atoms. The van der Waals surface area contributed by atoms with Crippen LogP contribution in [0.3, 0.4) is 0 Å². The largest absolute Gasteiger partial charge is 0.490 e. The Kier molecular flexibility index (Phi) is 12.8. The molecule has 2 aromatic carbocycles. The number of nitrogens with zero attached hydrogens (tertiary/aromatic N) is 2. The number of benzene rings is 2. The Balaban J connectivity index is 1.61. The number of anilines is 1. The molecule has 3 N–H and O–H groups in total. The summed E-state index contributed by atoms with van der Waals surface area (Å²) in [6.45, 7) is 7.39. The molecule has 1 aliphatic heterocycles. The Hall–Kier alpha value is -3.49. The number of carboxylic acids is 1. The van der Waals surface area contributed by atoms with E-state index in [4.69, 9.17) is 9.47 Å². The standard InChI is InChI=1S/C34H45N3O8S2/c1-23-19-37(24(2)22-38)33(39)29-18-28(35-47(42,43)32-9-7-17-46-32)14-15-30(29)45-25(3)8-5-6-16-44-31(23)21-36(4)20-26-10-12-27(13-11-26)34(40)41/h7,9-15,17-18,23-25,31,35,38H,5-6,8,16,19-22H2,1-4H3,(H,40,41)/t23-,24-,25+,31+/m1/s1. The number of likely N-dealkylation sites (N-methyl/N-ethyl adjacent to an activating group) is 1. The SMILES string of the molecule is C[C@@H]1CN([C@H](C)CO)C(=O)c2cc(NS(=O)(=O)c3cccs3)ccc2O[C@@H](C)CCCCO[C@H]1CN(C)Cc1ccc(C(=O)O)cc1. The number of hydrogen-bond acceptors (Lipinski definition) is 9. The zero-order valence-electron chi connectivity index (χ0n) is 27.3. The molecule has 1 aliphatic rings. The number of rotatable bonds is 10. The summed E-state index contributed by atoms with van der Waals surface area (Å²) in [6, 6.07) is 14.1. The fraction of sp³-hybridized carbons (Fsp3) is 0.471. The zero-order valence-corrected chi connectivity index (χ0v) is 28.9. The first-order valence-electron chi connectivity index (χ1n) is 15.8. The molecule has 13 heteroatoms. The van der Waals surface area contributed by atoms with Gasteiger partial charge in [-0.2, -0.15) is 0 Å². The second-order valence-electron chi connectivity index (χ2n) is 12.2. The monoisotopic (exact) mass is 687 g/mol. The number of aromatic carboxylic acids is 1. The molecule has 0 spiro atoms. The summed E-state index contributed by atoms with van der Waals surface area (Å²) in [6.07, 6.45) is 1.94. The minimum Gasteiger partial charge on any atom is -0.490 e. The lowest BCUT2D eigenvalue weighted by molar-refractivity contribution is -0.0177. The lowest BCUT2D eigenvalue weighted by Crippen LogP contribution is -2.47. The third-order valence-electron chi connectivity index (χ3n) is 8.21. The van der Waals surface area contributed by atoms with Gasteiger partial charge in [-0.1, -0.05) is 25.1 Å². The molecule has 1 amide bonds. The molecule has 0 aliphatic carbocycles. The minimum atomic E-state index is -3.85. The maximum absolute atomic E-state index is 14.3. The lowest BCUT2D eigenvalue weighted by Gasteiger charge is -2.36. The molecule has 4 atom stereocenters. The summed E-state index contributed by atoms with van der Waals surface area (Å²) in [4.78, 5) is 29.3. The number of thiophene rings is 1. The van der Waals surface area contributed by atoms with Gasteiger partial charge in [0.05, 0.1) is 36.0 Å². The van der Waals surface area contributed by atoms with Gasteiger partial charge in [-0.15, -0.1) is 11.3 Å². The summed E-state index contributed by atoms with van der Waals surface area (Å²) in [5, 5.41) is 21.1. The summed E-state index contributed by atoms with van der Waals surface area (Å²) in [7, 11) is -1.88. The molecule has 0 radical (unpaired) electrons. The predicted octanol–water partition coefficient (Wildman–Crippen LogP) is 5.17. The molecule has 47 heavy (non-hydrogen) atoms. The van der Waals surface area contributed by atoms with Crippen molar-refractivity contribution in [1.82, 2.24) is 9.80 Å². The number of fused-ring (bicyclic) bond motifs is 1. The summed E-state index contributed by atoms with van der Waals surface area (Å²) >= 11 is 1.10.